The van der Waals surface area contributed by atoms with Crippen LogP contribution in [0.15, 0.2) is 42.5 Å². The number of ether oxygens (including phenoxy) is 1. The molecule has 32 heavy (non-hydrogen) atoms. The van der Waals surface area contributed by atoms with Crippen molar-refractivity contribution in [3.63, 3.8) is 0 Å². The lowest BCUT2D eigenvalue weighted by atomic mass is 10.0. The fraction of sp³-hybridized carbons (Fsp3) is 0.600. The molecule has 0 radical (unpaired) electrons. The molecule has 2 atom stereocenters. The zero-order valence-corrected chi connectivity index (χ0v) is 18.8. The van der Waals surface area contributed by atoms with Crippen LogP contribution in [-0.4, -0.2) is 53.6 Å². The first-order valence-electron chi connectivity index (χ1n) is 11.5. The van der Waals surface area contributed by atoms with Gasteiger partial charge in [0.05, 0.1) is 19.3 Å². The summed E-state index contributed by atoms with van der Waals surface area (Å²) >= 11 is 0. The van der Waals surface area contributed by atoms with Crippen LogP contribution >= 0.6 is 0 Å². The van der Waals surface area contributed by atoms with E-state index in [9.17, 15) is 23.5 Å². The molecular weight excluding hydrogens is 416 g/mol. The Balaban J connectivity index is 1.73. The lowest BCUT2D eigenvalue weighted by Gasteiger charge is -2.22. The maximum absolute atomic E-state index is 14.0. The molecule has 178 valence electrons. The SMILES string of the molecule is COC(=O)CCCCCCN1C(=O)C(F)(F)C[C@@H]1C=C[C@H](O)CCCCc1ccccc1. The van der Waals surface area contributed by atoms with Crippen LogP contribution in [0.4, 0.5) is 8.78 Å². The number of likely N-dealkylation sites (tertiary alicyclic amines) is 1. The molecule has 1 aromatic carbocycles. The van der Waals surface area contributed by atoms with Gasteiger partial charge in [0.25, 0.3) is 5.91 Å². The van der Waals surface area contributed by atoms with Crippen LogP contribution in [0, 0.1) is 0 Å². The quantitative estimate of drug-likeness (QED) is 0.253. The molecule has 0 saturated carbocycles. The molecule has 0 aliphatic carbocycles. The van der Waals surface area contributed by atoms with Crippen molar-refractivity contribution in [2.75, 3.05) is 13.7 Å². The highest BCUT2D eigenvalue weighted by Gasteiger charge is 2.52. The van der Waals surface area contributed by atoms with Crippen LogP contribution < -0.4 is 0 Å². The lowest BCUT2D eigenvalue weighted by molar-refractivity contribution is -0.148. The van der Waals surface area contributed by atoms with E-state index in [0.717, 1.165) is 32.1 Å². The first kappa shape index (κ1) is 26.0. The fourth-order valence-electron chi connectivity index (χ4n) is 3.95. The van der Waals surface area contributed by atoms with E-state index in [4.69, 9.17) is 0 Å². The standard InChI is InChI=1S/C25H35F2NO4/c1-32-23(30)15-7-2-3-10-18-28-21(19-25(26,27)24(28)31)16-17-22(29)14-9-8-13-20-11-5-4-6-12-20/h4-6,11-12,16-17,21-22,29H,2-3,7-10,13-15,18-19H2,1H3/t21-,22+/m0/s1. The topological polar surface area (TPSA) is 66.8 Å². The van der Waals surface area contributed by atoms with Gasteiger partial charge in [0, 0.05) is 19.4 Å². The van der Waals surface area contributed by atoms with Gasteiger partial charge in [0.1, 0.15) is 0 Å². The number of halogens is 2. The molecule has 1 fully saturated rings. The number of carbonyl (C=O) groups is 2. The van der Waals surface area contributed by atoms with Crippen molar-refractivity contribution in [2.45, 2.75) is 82.3 Å². The summed E-state index contributed by atoms with van der Waals surface area (Å²) in [7, 11) is 1.34. The van der Waals surface area contributed by atoms with E-state index < -0.39 is 30.4 Å². The van der Waals surface area contributed by atoms with Gasteiger partial charge >= 0.3 is 11.9 Å². The Bertz CT molecular complexity index is 739. The van der Waals surface area contributed by atoms with E-state index in [1.807, 2.05) is 18.2 Å². The summed E-state index contributed by atoms with van der Waals surface area (Å²) in [6.45, 7) is 0.245. The van der Waals surface area contributed by atoms with Crippen LogP contribution in [0.2, 0.25) is 0 Å². The van der Waals surface area contributed by atoms with Gasteiger partial charge in [-0.2, -0.15) is 8.78 Å². The van der Waals surface area contributed by atoms with Crippen molar-refractivity contribution in [1.29, 1.82) is 0 Å². The third-order valence-electron chi connectivity index (χ3n) is 5.81. The van der Waals surface area contributed by atoms with Crippen LogP contribution in [0.3, 0.4) is 0 Å². The van der Waals surface area contributed by atoms with E-state index in [2.05, 4.69) is 16.9 Å². The number of aryl methyl sites for hydroxylation is 1. The minimum Gasteiger partial charge on any atom is -0.469 e. The summed E-state index contributed by atoms with van der Waals surface area (Å²) in [6, 6.07) is 9.41. The van der Waals surface area contributed by atoms with Crippen LogP contribution in [-0.2, 0) is 20.7 Å². The van der Waals surface area contributed by atoms with E-state index in [0.29, 0.717) is 25.7 Å². The summed E-state index contributed by atoms with van der Waals surface area (Å²) in [5.41, 5.74) is 1.25. The predicted molar refractivity (Wildman–Crippen MR) is 119 cm³/mol. The minimum atomic E-state index is -3.36. The number of aliphatic hydroxyl groups excluding tert-OH is 1. The Labute approximate surface area is 189 Å². The summed E-state index contributed by atoms with van der Waals surface area (Å²) in [5, 5.41) is 10.2. The maximum atomic E-state index is 14.0. The third-order valence-corrected chi connectivity index (χ3v) is 5.81. The second kappa shape index (κ2) is 13.3. The number of benzene rings is 1. The highest BCUT2D eigenvalue weighted by atomic mass is 19.3. The summed E-state index contributed by atoms with van der Waals surface area (Å²) in [6.07, 6.45) is 8.23. The molecule has 2 rings (SSSR count). The number of nitrogens with zero attached hydrogens (tertiary/aromatic N) is 1. The number of alkyl halides is 2. The van der Waals surface area contributed by atoms with Crippen LogP contribution in [0.5, 0.6) is 0 Å². The van der Waals surface area contributed by atoms with Crippen molar-refractivity contribution in [1.82, 2.24) is 4.90 Å². The van der Waals surface area contributed by atoms with Crippen molar-refractivity contribution in [3.8, 4) is 0 Å². The Kier molecular flexibility index (Phi) is 10.8. The van der Waals surface area contributed by atoms with Gasteiger partial charge in [-0.25, -0.2) is 0 Å². The van der Waals surface area contributed by atoms with E-state index in [1.165, 1.54) is 17.6 Å². The average Bonchev–Trinajstić information content (AvgIpc) is 3.00. The molecule has 0 bridgehead atoms. The first-order chi connectivity index (χ1) is 15.3. The second-order valence-corrected chi connectivity index (χ2v) is 8.40. The highest BCUT2D eigenvalue weighted by Crippen LogP contribution is 2.34. The number of methoxy groups -OCH3 is 1. The Morgan fingerprint density at radius 2 is 1.91 bits per heavy atom. The predicted octanol–water partition coefficient (Wildman–Crippen LogP) is 4.68. The van der Waals surface area contributed by atoms with Gasteiger partial charge < -0.3 is 14.7 Å². The number of aliphatic hydroxyl groups is 1. The largest absolute Gasteiger partial charge is 0.469 e. The number of esters is 1. The third kappa shape index (κ3) is 8.69. The molecule has 0 aromatic heterocycles. The molecule has 0 spiro atoms. The zero-order valence-electron chi connectivity index (χ0n) is 18.8. The minimum absolute atomic E-state index is 0.245. The van der Waals surface area contributed by atoms with Gasteiger partial charge in [-0.15, -0.1) is 0 Å². The molecule has 0 unspecified atom stereocenters. The molecule has 1 aliphatic heterocycles. The van der Waals surface area contributed by atoms with Gasteiger partial charge in [0.15, 0.2) is 0 Å². The number of hydrogen-bond acceptors (Lipinski definition) is 4. The molecule has 1 saturated heterocycles. The molecular formula is C25H35F2NO4. The molecule has 1 heterocycles. The first-order valence-corrected chi connectivity index (χ1v) is 11.5. The molecule has 1 amide bonds. The Morgan fingerprint density at radius 3 is 2.62 bits per heavy atom. The van der Waals surface area contributed by atoms with Crippen molar-refractivity contribution >= 4 is 11.9 Å². The number of carbonyl (C=O) groups excluding carboxylic acids is 2. The highest BCUT2D eigenvalue weighted by molar-refractivity contribution is 5.86. The maximum Gasteiger partial charge on any atom is 0.327 e. The normalized spacial score (nSPS) is 18.9. The number of amides is 1. The van der Waals surface area contributed by atoms with Crippen molar-refractivity contribution < 1.29 is 28.2 Å². The number of rotatable bonds is 14. The van der Waals surface area contributed by atoms with Gasteiger partial charge in [-0.05, 0) is 37.7 Å². The van der Waals surface area contributed by atoms with Crippen LogP contribution in [0.25, 0.3) is 0 Å². The molecule has 1 N–H and O–H groups in total. The van der Waals surface area contributed by atoms with E-state index >= 15 is 0 Å². The molecule has 7 heteroatoms. The Morgan fingerprint density at radius 1 is 1.19 bits per heavy atom. The van der Waals surface area contributed by atoms with E-state index in [1.54, 1.807) is 12.2 Å². The number of hydrogen-bond donors (Lipinski definition) is 1. The fourth-order valence-corrected chi connectivity index (χ4v) is 3.95. The van der Waals surface area contributed by atoms with Gasteiger partial charge in [-0.1, -0.05) is 61.7 Å². The zero-order chi connectivity index (χ0) is 23.4. The molecule has 1 aromatic rings. The number of unbranched alkanes of at least 4 members (excludes halogenated alkanes) is 4. The molecule has 5 nitrogen and oxygen atoms in total. The van der Waals surface area contributed by atoms with Crippen LogP contribution in [0.1, 0.15) is 63.4 Å². The average molecular weight is 452 g/mol. The second-order valence-electron chi connectivity index (χ2n) is 8.40. The monoisotopic (exact) mass is 451 g/mol. The Hall–Kier alpha value is -2.28. The van der Waals surface area contributed by atoms with Gasteiger partial charge in [-0.3, -0.25) is 9.59 Å². The molecule has 1 aliphatic rings. The lowest BCUT2D eigenvalue weighted by Crippen LogP contribution is -2.36. The van der Waals surface area contributed by atoms with Gasteiger partial charge in [0.2, 0.25) is 0 Å². The van der Waals surface area contributed by atoms with Crippen molar-refractivity contribution in [3.05, 3.63) is 48.0 Å². The summed E-state index contributed by atoms with van der Waals surface area (Å²) in [4.78, 5) is 24.4. The van der Waals surface area contributed by atoms with Crippen molar-refractivity contribution in [2.24, 2.45) is 0 Å². The van der Waals surface area contributed by atoms with E-state index in [-0.39, 0.29) is 12.5 Å². The summed E-state index contributed by atoms with van der Waals surface area (Å²) in [5.74, 6) is -4.76. The summed E-state index contributed by atoms with van der Waals surface area (Å²) < 4.78 is 32.6. The smallest absolute Gasteiger partial charge is 0.327 e.